The molecule has 0 spiro atoms. The third kappa shape index (κ3) is 4.23. The lowest BCUT2D eigenvalue weighted by Crippen LogP contribution is -2.45. The molecule has 0 aliphatic carbocycles. The van der Waals surface area contributed by atoms with Gasteiger partial charge >= 0.3 is 5.97 Å². The van der Waals surface area contributed by atoms with E-state index in [0.717, 1.165) is 11.0 Å². The predicted molar refractivity (Wildman–Crippen MR) is 85.3 cm³/mol. The summed E-state index contributed by atoms with van der Waals surface area (Å²) >= 11 is 5.65. The first kappa shape index (κ1) is 18.2. The molecule has 1 saturated heterocycles. The molecule has 1 heterocycles. The summed E-state index contributed by atoms with van der Waals surface area (Å²) in [6.45, 7) is 0.485. The van der Waals surface area contributed by atoms with E-state index in [1.807, 2.05) is 0 Å². The van der Waals surface area contributed by atoms with Crippen LogP contribution in [-0.4, -0.2) is 59.4 Å². The summed E-state index contributed by atoms with van der Waals surface area (Å²) in [4.78, 5) is 38.0. The van der Waals surface area contributed by atoms with Gasteiger partial charge in [-0.05, 0) is 31.0 Å². The molecule has 1 aromatic carbocycles. The molecule has 0 unspecified atom stereocenters. The smallest absolute Gasteiger partial charge is 0.306 e. The van der Waals surface area contributed by atoms with Gasteiger partial charge in [-0.25, -0.2) is 4.39 Å². The molecule has 8 heteroatoms. The number of benzene rings is 1. The monoisotopic (exact) mass is 356 g/mol. The first-order valence-electron chi connectivity index (χ1n) is 7.50. The van der Waals surface area contributed by atoms with Gasteiger partial charge in [-0.3, -0.25) is 14.4 Å². The van der Waals surface area contributed by atoms with Crippen molar-refractivity contribution in [3.63, 3.8) is 0 Å². The number of aliphatic carboxylic acids is 1. The van der Waals surface area contributed by atoms with E-state index >= 15 is 0 Å². The summed E-state index contributed by atoms with van der Waals surface area (Å²) in [6, 6.07) is 3.73. The number of nitrogens with zero attached hydrogens (tertiary/aromatic N) is 2. The number of carbonyl (C=O) groups is 3. The predicted octanol–water partition coefficient (Wildman–Crippen LogP) is 1.87. The number of carboxylic acids is 1. The highest BCUT2D eigenvalue weighted by Gasteiger charge is 2.28. The minimum Gasteiger partial charge on any atom is -0.481 e. The molecule has 0 aromatic heterocycles. The van der Waals surface area contributed by atoms with Gasteiger partial charge in [0.2, 0.25) is 5.91 Å². The minimum absolute atomic E-state index is 0.153. The van der Waals surface area contributed by atoms with Crippen molar-refractivity contribution in [2.75, 3.05) is 26.7 Å². The first-order valence-corrected chi connectivity index (χ1v) is 7.88. The highest BCUT2D eigenvalue weighted by molar-refractivity contribution is 6.30. The van der Waals surface area contributed by atoms with Gasteiger partial charge in [0, 0.05) is 25.2 Å². The van der Waals surface area contributed by atoms with Gasteiger partial charge in [0.25, 0.3) is 5.91 Å². The van der Waals surface area contributed by atoms with Gasteiger partial charge in [-0.2, -0.15) is 0 Å². The van der Waals surface area contributed by atoms with Crippen LogP contribution in [0.1, 0.15) is 23.2 Å². The Labute approximate surface area is 143 Å². The Morgan fingerprint density at radius 3 is 2.50 bits per heavy atom. The van der Waals surface area contributed by atoms with E-state index in [1.165, 1.54) is 24.1 Å². The molecule has 2 amide bonds. The Balaban J connectivity index is 1.94. The number of hydrogen-bond acceptors (Lipinski definition) is 3. The number of piperidine rings is 1. The Morgan fingerprint density at radius 2 is 1.96 bits per heavy atom. The first-order chi connectivity index (χ1) is 11.3. The van der Waals surface area contributed by atoms with Crippen LogP contribution in [0.2, 0.25) is 5.02 Å². The second-order valence-corrected chi connectivity index (χ2v) is 6.22. The second kappa shape index (κ2) is 7.61. The normalized spacial score (nSPS) is 15.2. The Morgan fingerprint density at radius 1 is 1.33 bits per heavy atom. The Kier molecular flexibility index (Phi) is 5.77. The van der Waals surface area contributed by atoms with Crippen molar-refractivity contribution in [2.24, 2.45) is 5.92 Å². The molecule has 1 fully saturated rings. The number of likely N-dealkylation sites (tertiary alicyclic amines) is 1. The zero-order valence-electron chi connectivity index (χ0n) is 13.2. The van der Waals surface area contributed by atoms with Crippen LogP contribution < -0.4 is 0 Å². The summed E-state index contributed by atoms with van der Waals surface area (Å²) in [5, 5.41) is 9.14. The maximum Gasteiger partial charge on any atom is 0.306 e. The molecule has 0 atom stereocenters. The summed E-state index contributed by atoms with van der Waals surface area (Å²) in [6.07, 6.45) is 0.787. The van der Waals surface area contributed by atoms with Crippen LogP contribution in [0.5, 0.6) is 0 Å². The zero-order chi connectivity index (χ0) is 17.9. The third-order valence-corrected chi connectivity index (χ3v) is 4.31. The molecule has 1 aliphatic rings. The van der Waals surface area contributed by atoms with Crippen molar-refractivity contribution in [1.29, 1.82) is 0 Å². The van der Waals surface area contributed by atoms with E-state index in [0.29, 0.717) is 25.9 Å². The number of carbonyl (C=O) groups excluding carboxylic acids is 2. The third-order valence-electron chi connectivity index (χ3n) is 4.08. The molecule has 24 heavy (non-hydrogen) atoms. The van der Waals surface area contributed by atoms with Gasteiger partial charge in [0.1, 0.15) is 5.82 Å². The van der Waals surface area contributed by atoms with Gasteiger partial charge in [0.15, 0.2) is 0 Å². The van der Waals surface area contributed by atoms with E-state index in [2.05, 4.69) is 0 Å². The largest absolute Gasteiger partial charge is 0.481 e. The minimum atomic E-state index is -0.854. The quantitative estimate of drug-likeness (QED) is 0.893. The van der Waals surface area contributed by atoms with E-state index in [-0.39, 0.29) is 23.0 Å². The van der Waals surface area contributed by atoms with E-state index in [4.69, 9.17) is 16.7 Å². The van der Waals surface area contributed by atoms with Crippen molar-refractivity contribution in [2.45, 2.75) is 12.8 Å². The number of carboxylic acid groups (broad SMARTS) is 1. The maximum absolute atomic E-state index is 13.8. The van der Waals surface area contributed by atoms with E-state index in [9.17, 15) is 18.8 Å². The molecular formula is C16H18ClFN2O4. The highest BCUT2D eigenvalue weighted by atomic mass is 35.5. The van der Waals surface area contributed by atoms with Crippen molar-refractivity contribution in [3.8, 4) is 0 Å². The number of hydrogen-bond donors (Lipinski definition) is 1. The maximum atomic E-state index is 13.8. The van der Waals surface area contributed by atoms with Crippen LogP contribution in [-0.2, 0) is 9.59 Å². The average molecular weight is 357 g/mol. The lowest BCUT2D eigenvalue weighted by Gasteiger charge is -2.31. The molecule has 1 aliphatic heterocycles. The Hall–Kier alpha value is -2.15. The number of amides is 2. The van der Waals surface area contributed by atoms with Crippen molar-refractivity contribution >= 4 is 29.4 Å². The van der Waals surface area contributed by atoms with Gasteiger partial charge in [-0.1, -0.05) is 11.6 Å². The van der Waals surface area contributed by atoms with Crippen LogP contribution in [0.4, 0.5) is 4.39 Å². The average Bonchev–Trinajstić information content (AvgIpc) is 2.54. The molecule has 1 aromatic rings. The van der Waals surface area contributed by atoms with Crippen LogP contribution in [0, 0.1) is 11.7 Å². The topological polar surface area (TPSA) is 77.9 Å². The van der Waals surface area contributed by atoms with E-state index < -0.39 is 23.6 Å². The molecular weight excluding hydrogens is 339 g/mol. The van der Waals surface area contributed by atoms with E-state index in [1.54, 1.807) is 0 Å². The molecule has 2 rings (SSSR count). The molecule has 0 radical (unpaired) electrons. The van der Waals surface area contributed by atoms with Gasteiger partial charge < -0.3 is 14.9 Å². The molecule has 0 saturated carbocycles. The summed E-state index contributed by atoms with van der Waals surface area (Å²) in [5.41, 5.74) is -0.153. The number of likely N-dealkylation sites (N-methyl/N-ethyl adjacent to an activating group) is 1. The highest BCUT2D eigenvalue weighted by Crippen LogP contribution is 2.18. The van der Waals surface area contributed by atoms with Crippen LogP contribution in [0.3, 0.4) is 0 Å². The van der Waals surface area contributed by atoms with Crippen LogP contribution in [0.15, 0.2) is 18.2 Å². The SMILES string of the molecule is CN(CC(=O)N1CCC(C(=O)O)CC1)C(=O)c1ccc(Cl)cc1F. The fraction of sp³-hybridized carbons (Fsp3) is 0.438. The lowest BCUT2D eigenvalue weighted by atomic mass is 9.97. The summed E-state index contributed by atoms with van der Waals surface area (Å²) < 4.78 is 13.8. The summed E-state index contributed by atoms with van der Waals surface area (Å²) in [7, 11) is 1.41. The number of halogens is 2. The standard InChI is InChI=1S/C16H18ClFN2O4/c1-19(15(22)12-3-2-11(17)8-13(12)18)9-14(21)20-6-4-10(5-7-20)16(23)24/h2-3,8,10H,4-7,9H2,1H3,(H,23,24). The van der Waals surface area contributed by atoms with Crippen molar-refractivity contribution in [3.05, 3.63) is 34.6 Å². The molecule has 6 nitrogen and oxygen atoms in total. The number of rotatable bonds is 4. The van der Waals surface area contributed by atoms with Crippen LogP contribution in [0.25, 0.3) is 0 Å². The fourth-order valence-electron chi connectivity index (χ4n) is 2.62. The van der Waals surface area contributed by atoms with Crippen molar-refractivity contribution < 1.29 is 23.9 Å². The molecule has 130 valence electrons. The summed E-state index contributed by atoms with van der Waals surface area (Å²) in [5.74, 6) is -2.93. The van der Waals surface area contributed by atoms with Gasteiger partial charge in [0.05, 0.1) is 18.0 Å². The lowest BCUT2D eigenvalue weighted by molar-refractivity contribution is -0.145. The Bertz CT molecular complexity index is 659. The molecule has 0 bridgehead atoms. The van der Waals surface area contributed by atoms with Crippen LogP contribution >= 0.6 is 11.6 Å². The molecule has 1 N–H and O–H groups in total. The fourth-order valence-corrected chi connectivity index (χ4v) is 2.78. The van der Waals surface area contributed by atoms with Crippen molar-refractivity contribution in [1.82, 2.24) is 9.80 Å². The zero-order valence-corrected chi connectivity index (χ0v) is 13.9. The van der Waals surface area contributed by atoms with Gasteiger partial charge in [-0.15, -0.1) is 0 Å². The second-order valence-electron chi connectivity index (χ2n) is 5.78.